The summed E-state index contributed by atoms with van der Waals surface area (Å²) in [5.74, 6) is 1.67. The average molecular weight is 505 g/mol. The maximum atomic E-state index is 13.9. The minimum absolute atomic E-state index is 0.00971. The van der Waals surface area contributed by atoms with Crippen LogP contribution in [0.4, 0.5) is 4.39 Å². The van der Waals surface area contributed by atoms with Gasteiger partial charge in [0.15, 0.2) is 5.76 Å². The molecule has 0 N–H and O–H groups in total. The molecule has 1 aliphatic carbocycles. The smallest absolute Gasteiger partial charge is 0.289 e. The number of fused-ring (bicyclic) bond motifs is 2. The van der Waals surface area contributed by atoms with Gasteiger partial charge < -0.3 is 14.1 Å². The molecule has 2 unspecified atom stereocenters. The van der Waals surface area contributed by atoms with Gasteiger partial charge in [0.2, 0.25) is 0 Å². The number of carbonyl (C=O) groups excluding carboxylic acids is 1. The molecule has 2 bridgehead atoms. The summed E-state index contributed by atoms with van der Waals surface area (Å²) in [5, 5.41) is 0. The number of benzene rings is 2. The van der Waals surface area contributed by atoms with E-state index in [9.17, 15) is 9.18 Å². The highest BCUT2D eigenvalue weighted by molar-refractivity contribution is 5.92. The SMILES string of the molecule is COc1ccc(CN(Cc2cccc(F)c2)Cc2ccc(C(=O)N3CC4(C)CC3CC(C)(C)C4)o2)cc1. The van der Waals surface area contributed by atoms with Gasteiger partial charge in [-0.25, -0.2) is 4.39 Å². The fourth-order valence-electron chi connectivity index (χ4n) is 6.69. The molecule has 1 aromatic heterocycles. The third-order valence-electron chi connectivity index (χ3n) is 7.79. The van der Waals surface area contributed by atoms with Crippen LogP contribution in [0, 0.1) is 16.6 Å². The maximum Gasteiger partial charge on any atom is 0.289 e. The normalized spacial score (nSPS) is 22.4. The summed E-state index contributed by atoms with van der Waals surface area (Å²) in [7, 11) is 1.65. The van der Waals surface area contributed by atoms with Crippen LogP contribution in [-0.4, -0.2) is 35.4 Å². The van der Waals surface area contributed by atoms with Crippen LogP contribution in [0.25, 0.3) is 0 Å². The minimum atomic E-state index is -0.250. The number of hydrogen-bond donors (Lipinski definition) is 0. The molecular formula is C31H37FN2O3. The second-order valence-corrected chi connectivity index (χ2v) is 12.0. The second-order valence-electron chi connectivity index (χ2n) is 12.0. The molecule has 0 radical (unpaired) electrons. The van der Waals surface area contributed by atoms with Gasteiger partial charge in [-0.15, -0.1) is 0 Å². The van der Waals surface area contributed by atoms with Gasteiger partial charge in [0.05, 0.1) is 13.7 Å². The number of ether oxygens (including phenoxy) is 1. The van der Waals surface area contributed by atoms with Gasteiger partial charge in [0.1, 0.15) is 17.3 Å². The van der Waals surface area contributed by atoms with Crippen molar-refractivity contribution in [2.45, 2.75) is 65.7 Å². The number of hydrogen-bond acceptors (Lipinski definition) is 4. The highest BCUT2D eigenvalue weighted by Crippen LogP contribution is 2.52. The molecule has 1 amide bonds. The molecule has 1 saturated heterocycles. The quantitative estimate of drug-likeness (QED) is 0.344. The Bertz CT molecular complexity index is 1250. The monoisotopic (exact) mass is 504 g/mol. The summed E-state index contributed by atoms with van der Waals surface area (Å²) in [6, 6.07) is 18.6. The van der Waals surface area contributed by atoms with Crippen molar-refractivity contribution in [3.05, 3.63) is 89.1 Å². The highest BCUT2D eigenvalue weighted by atomic mass is 19.1. The number of methoxy groups -OCH3 is 1. The van der Waals surface area contributed by atoms with Gasteiger partial charge >= 0.3 is 0 Å². The highest BCUT2D eigenvalue weighted by Gasteiger charge is 2.51. The van der Waals surface area contributed by atoms with E-state index in [1.54, 1.807) is 25.3 Å². The first-order valence-electron chi connectivity index (χ1n) is 13.1. The van der Waals surface area contributed by atoms with Crippen LogP contribution in [0.5, 0.6) is 5.75 Å². The van der Waals surface area contributed by atoms with Crippen molar-refractivity contribution in [1.82, 2.24) is 9.80 Å². The van der Waals surface area contributed by atoms with E-state index in [0.717, 1.165) is 48.4 Å². The number of nitrogens with zero attached hydrogens (tertiary/aromatic N) is 2. The molecule has 1 saturated carbocycles. The van der Waals surface area contributed by atoms with E-state index in [0.29, 0.717) is 25.4 Å². The minimum Gasteiger partial charge on any atom is -0.497 e. The summed E-state index contributed by atoms with van der Waals surface area (Å²) >= 11 is 0. The lowest BCUT2D eigenvalue weighted by Gasteiger charge is -2.39. The topological polar surface area (TPSA) is 45.9 Å². The summed E-state index contributed by atoms with van der Waals surface area (Å²) < 4.78 is 25.3. The van der Waals surface area contributed by atoms with Crippen molar-refractivity contribution < 1.29 is 18.3 Å². The molecule has 3 aromatic rings. The molecule has 6 heteroatoms. The lowest BCUT2D eigenvalue weighted by Crippen LogP contribution is -2.37. The van der Waals surface area contributed by atoms with Crippen molar-refractivity contribution in [3.63, 3.8) is 0 Å². The molecule has 2 heterocycles. The maximum absolute atomic E-state index is 13.9. The van der Waals surface area contributed by atoms with E-state index in [2.05, 4.69) is 25.7 Å². The Kier molecular flexibility index (Phi) is 6.88. The summed E-state index contributed by atoms with van der Waals surface area (Å²) in [6.07, 6.45) is 3.24. The lowest BCUT2D eigenvalue weighted by atomic mass is 9.65. The molecule has 0 spiro atoms. The Hall–Kier alpha value is -3.12. The Balaban J connectivity index is 1.32. The molecule has 196 valence electrons. The Morgan fingerprint density at radius 3 is 2.51 bits per heavy atom. The van der Waals surface area contributed by atoms with Crippen molar-refractivity contribution in [1.29, 1.82) is 0 Å². The van der Waals surface area contributed by atoms with Crippen molar-refractivity contribution in [2.75, 3.05) is 13.7 Å². The Morgan fingerprint density at radius 1 is 1.03 bits per heavy atom. The molecule has 2 atom stereocenters. The third kappa shape index (κ3) is 5.90. The standard InChI is InChI=1S/C31H37FN2O3/c1-30(2)15-25-16-31(3,20-30)21-34(25)29(35)28-13-12-27(37-28)19-33(18-23-6-5-7-24(32)14-23)17-22-8-10-26(36-4)11-9-22/h5-14,25H,15-21H2,1-4H3. The van der Waals surface area contributed by atoms with E-state index in [1.807, 2.05) is 41.3 Å². The molecule has 5 rings (SSSR count). The fraction of sp³-hybridized carbons (Fsp3) is 0.452. The predicted molar refractivity (Wildman–Crippen MR) is 142 cm³/mol. The molecule has 5 nitrogen and oxygen atoms in total. The zero-order chi connectivity index (χ0) is 26.2. The number of amides is 1. The average Bonchev–Trinajstić information content (AvgIpc) is 3.39. The molecule has 2 aromatic carbocycles. The van der Waals surface area contributed by atoms with Crippen molar-refractivity contribution in [2.24, 2.45) is 10.8 Å². The van der Waals surface area contributed by atoms with Crippen LogP contribution in [0.2, 0.25) is 0 Å². The van der Waals surface area contributed by atoms with Gasteiger partial charge in [0.25, 0.3) is 5.91 Å². The zero-order valence-electron chi connectivity index (χ0n) is 22.3. The Morgan fingerprint density at radius 2 is 1.78 bits per heavy atom. The molecular weight excluding hydrogens is 467 g/mol. The summed E-state index contributed by atoms with van der Waals surface area (Å²) in [4.78, 5) is 17.7. The summed E-state index contributed by atoms with van der Waals surface area (Å²) in [6.45, 7) is 9.43. The van der Waals surface area contributed by atoms with Gasteiger partial charge in [-0.3, -0.25) is 9.69 Å². The van der Waals surface area contributed by atoms with Gasteiger partial charge in [0, 0.05) is 25.7 Å². The zero-order valence-corrected chi connectivity index (χ0v) is 22.3. The van der Waals surface area contributed by atoms with E-state index in [4.69, 9.17) is 9.15 Å². The number of carbonyl (C=O) groups is 1. The molecule has 2 fully saturated rings. The van der Waals surface area contributed by atoms with E-state index < -0.39 is 0 Å². The third-order valence-corrected chi connectivity index (χ3v) is 7.79. The largest absolute Gasteiger partial charge is 0.497 e. The van der Waals surface area contributed by atoms with Crippen LogP contribution >= 0.6 is 0 Å². The molecule has 37 heavy (non-hydrogen) atoms. The number of rotatable bonds is 8. The van der Waals surface area contributed by atoms with Gasteiger partial charge in [-0.1, -0.05) is 45.0 Å². The van der Waals surface area contributed by atoms with Crippen LogP contribution < -0.4 is 4.74 Å². The first-order valence-corrected chi connectivity index (χ1v) is 13.1. The van der Waals surface area contributed by atoms with Crippen LogP contribution in [0.3, 0.4) is 0 Å². The number of halogens is 1. The van der Waals surface area contributed by atoms with Crippen LogP contribution in [-0.2, 0) is 19.6 Å². The lowest BCUT2D eigenvalue weighted by molar-refractivity contribution is 0.0672. The summed E-state index contributed by atoms with van der Waals surface area (Å²) in [5.41, 5.74) is 2.43. The first kappa shape index (κ1) is 25.5. The fourth-order valence-corrected chi connectivity index (χ4v) is 6.69. The van der Waals surface area contributed by atoms with E-state index >= 15 is 0 Å². The number of furan rings is 1. The van der Waals surface area contributed by atoms with Crippen LogP contribution in [0.15, 0.2) is 65.1 Å². The number of likely N-dealkylation sites (tertiary alicyclic amines) is 1. The Labute approximate surface area is 219 Å². The van der Waals surface area contributed by atoms with E-state index in [-0.39, 0.29) is 28.6 Å². The first-order chi connectivity index (χ1) is 17.6. The van der Waals surface area contributed by atoms with Crippen LogP contribution in [0.1, 0.15) is 67.5 Å². The predicted octanol–water partition coefficient (Wildman–Crippen LogP) is 6.67. The molecule has 1 aliphatic heterocycles. The van der Waals surface area contributed by atoms with E-state index in [1.165, 1.54) is 6.07 Å². The van der Waals surface area contributed by atoms with Crippen molar-refractivity contribution in [3.8, 4) is 5.75 Å². The molecule has 2 aliphatic rings. The van der Waals surface area contributed by atoms with Crippen molar-refractivity contribution >= 4 is 5.91 Å². The van der Waals surface area contributed by atoms with Gasteiger partial charge in [-0.2, -0.15) is 0 Å². The van der Waals surface area contributed by atoms with Gasteiger partial charge in [-0.05, 0) is 77.6 Å². The second kappa shape index (κ2) is 9.97.